The number of hydrogen-bond acceptors (Lipinski definition) is 5. The van der Waals surface area contributed by atoms with Crippen LogP contribution in [0, 0.1) is 6.92 Å². The first-order valence-corrected chi connectivity index (χ1v) is 9.21. The SMILES string of the molecule is Cc1csc(C2(C(=O)N3CCCC3)Cc3ccc(C(N)=O)cc3O2)n1. The molecule has 0 bridgehead atoms. The van der Waals surface area contributed by atoms with Crippen LogP contribution in [0.1, 0.15) is 39.5 Å². The van der Waals surface area contributed by atoms with Gasteiger partial charge >= 0.3 is 0 Å². The van der Waals surface area contributed by atoms with E-state index in [1.807, 2.05) is 23.3 Å². The van der Waals surface area contributed by atoms with Crippen molar-refractivity contribution in [3.8, 4) is 5.75 Å². The van der Waals surface area contributed by atoms with Gasteiger partial charge in [-0.05, 0) is 37.5 Å². The number of carbonyl (C=O) groups is 2. The second kappa shape index (κ2) is 5.84. The number of ether oxygens (including phenoxy) is 1. The van der Waals surface area contributed by atoms with Crippen molar-refractivity contribution in [2.45, 2.75) is 31.8 Å². The molecule has 1 saturated heterocycles. The van der Waals surface area contributed by atoms with Crippen LogP contribution in [0.2, 0.25) is 0 Å². The van der Waals surface area contributed by atoms with E-state index in [0.717, 1.165) is 37.2 Å². The summed E-state index contributed by atoms with van der Waals surface area (Å²) in [4.78, 5) is 31.2. The van der Waals surface area contributed by atoms with E-state index >= 15 is 0 Å². The first-order valence-electron chi connectivity index (χ1n) is 8.33. The van der Waals surface area contributed by atoms with Crippen LogP contribution >= 0.6 is 11.3 Å². The summed E-state index contributed by atoms with van der Waals surface area (Å²) in [6.45, 7) is 3.40. The van der Waals surface area contributed by atoms with Gasteiger partial charge in [0.05, 0.1) is 0 Å². The van der Waals surface area contributed by atoms with Crippen molar-refractivity contribution < 1.29 is 14.3 Å². The van der Waals surface area contributed by atoms with Gasteiger partial charge in [0.2, 0.25) is 11.5 Å². The molecule has 6 nitrogen and oxygen atoms in total. The maximum Gasteiger partial charge on any atom is 0.274 e. The van der Waals surface area contributed by atoms with Crippen LogP contribution in [0.5, 0.6) is 5.75 Å². The summed E-state index contributed by atoms with van der Waals surface area (Å²) in [7, 11) is 0. The van der Waals surface area contributed by atoms with Gasteiger partial charge in [-0.25, -0.2) is 4.98 Å². The number of thiazole rings is 1. The molecule has 2 aliphatic heterocycles. The molecule has 0 radical (unpaired) electrons. The third-order valence-corrected chi connectivity index (χ3v) is 5.88. The highest BCUT2D eigenvalue weighted by molar-refractivity contribution is 7.10. The van der Waals surface area contributed by atoms with Crippen molar-refractivity contribution in [2.75, 3.05) is 13.1 Å². The van der Waals surface area contributed by atoms with Crippen LogP contribution in [-0.4, -0.2) is 34.8 Å². The minimum atomic E-state index is -1.14. The molecule has 4 rings (SSSR count). The second-order valence-corrected chi connectivity index (χ2v) is 7.44. The van der Waals surface area contributed by atoms with E-state index in [1.54, 1.807) is 12.1 Å². The van der Waals surface area contributed by atoms with Crippen molar-refractivity contribution in [2.24, 2.45) is 5.73 Å². The maximum atomic E-state index is 13.3. The normalized spacial score (nSPS) is 21.9. The van der Waals surface area contributed by atoms with Crippen molar-refractivity contribution >= 4 is 23.2 Å². The molecule has 2 aliphatic rings. The van der Waals surface area contributed by atoms with E-state index in [4.69, 9.17) is 10.5 Å². The summed E-state index contributed by atoms with van der Waals surface area (Å²) >= 11 is 1.44. The third-order valence-electron chi connectivity index (χ3n) is 4.78. The summed E-state index contributed by atoms with van der Waals surface area (Å²) in [6.07, 6.45) is 2.44. The lowest BCUT2D eigenvalue weighted by atomic mass is 9.95. The zero-order valence-corrected chi connectivity index (χ0v) is 14.8. The molecule has 1 aromatic heterocycles. The fraction of sp³-hybridized carbons (Fsp3) is 0.389. The van der Waals surface area contributed by atoms with Crippen LogP contribution in [-0.2, 0) is 16.8 Å². The number of benzene rings is 1. The molecular formula is C18H19N3O3S. The number of likely N-dealkylation sites (tertiary alicyclic amines) is 1. The summed E-state index contributed by atoms with van der Waals surface area (Å²) in [5, 5.41) is 2.59. The Morgan fingerprint density at radius 3 is 2.72 bits per heavy atom. The average molecular weight is 357 g/mol. The number of nitrogens with two attached hydrogens (primary N) is 1. The van der Waals surface area contributed by atoms with E-state index < -0.39 is 11.5 Å². The monoisotopic (exact) mass is 357 g/mol. The fourth-order valence-corrected chi connectivity index (χ4v) is 4.41. The molecular weight excluding hydrogens is 338 g/mol. The first-order chi connectivity index (χ1) is 12.0. The number of primary amides is 1. The van der Waals surface area contributed by atoms with Gasteiger partial charge in [0.25, 0.3) is 5.91 Å². The van der Waals surface area contributed by atoms with Gasteiger partial charge in [0, 0.05) is 36.1 Å². The Bertz CT molecular complexity index is 857. The Morgan fingerprint density at radius 2 is 2.08 bits per heavy atom. The number of aryl methyl sites for hydroxylation is 1. The van der Waals surface area contributed by atoms with Crippen molar-refractivity contribution in [1.82, 2.24) is 9.88 Å². The van der Waals surface area contributed by atoms with E-state index in [0.29, 0.717) is 22.7 Å². The second-order valence-electron chi connectivity index (χ2n) is 6.59. The summed E-state index contributed by atoms with van der Waals surface area (Å²) in [5.74, 6) is -0.0206. The Balaban J connectivity index is 1.77. The van der Waals surface area contributed by atoms with Crippen LogP contribution in [0.4, 0.5) is 0 Å². The lowest BCUT2D eigenvalue weighted by Gasteiger charge is -2.30. The zero-order chi connectivity index (χ0) is 17.6. The van der Waals surface area contributed by atoms with Gasteiger partial charge in [-0.1, -0.05) is 6.07 Å². The Kier molecular flexibility index (Phi) is 3.76. The number of aromatic nitrogens is 1. The number of fused-ring (bicyclic) bond motifs is 1. The molecule has 3 heterocycles. The molecule has 0 saturated carbocycles. The van der Waals surface area contributed by atoms with E-state index in [9.17, 15) is 9.59 Å². The van der Waals surface area contributed by atoms with Gasteiger partial charge in [-0.2, -0.15) is 0 Å². The number of hydrogen-bond donors (Lipinski definition) is 1. The zero-order valence-electron chi connectivity index (χ0n) is 13.9. The molecule has 2 amide bonds. The van der Waals surface area contributed by atoms with Crippen LogP contribution in [0.25, 0.3) is 0 Å². The van der Waals surface area contributed by atoms with Crippen LogP contribution in [0.15, 0.2) is 23.6 Å². The van der Waals surface area contributed by atoms with Gasteiger partial charge in [-0.15, -0.1) is 11.3 Å². The summed E-state index contributed by atoms with van der Waals surface area (Å²) in [5.41, 5.74) is 6.37. The molecule has 1 fully saturated rings. The predicted molar refractivity (Wildman–Crippen MR) is 93.6 cm³/mol. The quantitative estimate of drug-likeness (QED) is 0.910. The summed E-state index contributed by atoms with van der Waals surface area (Å²) in [6, 6.07) is 5.11. The highest BCUT2D eigenvalue weighted by Crippen LogP contribution is 2.44. The van der Waals surface area contributed by atoms with E-state index in [1.165, 1.54) is 11.3 Å². The molecule has 25 heavy (non-hydrogen) atoms. The standard InChI is InChI=1S/C18H19N3O3S/c1-11-10-25-16(20-11)18(17(23)21-6-2-3-7-21)9-13-5-4-12(15(19)22)8-14(13)24-18/h4-5,8,10H,2-3,6-7,9H2,1H3,(H2,19,22). The van der Waals surface area contributed by atoms with Crippen molar-refractivity contribution in [3.05, 3.63) is 45.4 Å². The van der Waals surface area contributed by atoms with E-state index in [2.05, 4.69) is 4.98 Å². The molecule has 0 aliphatic carbocycles. The predicted octanol–water partition coefficient (Wildman–Crippen LogP) is 2.00. The molecule has 1 aromatic carbocycles. The van der Waals surface area contributed by atoms with Gasteiger partial charge in [0.15, 0.2) is 0 Å². The highest BCUT2D eigenvalue weighted by atomic mass is 32.1. The lowest BCUT2D eigenvalue weighted by Crippen LogP contribution is -2.49. The number of carbonyl (C=O) groups excluding carboxylic acids is 2. The molecule has 1 atom stereocenters. The van der Waals surface area contributed by atoms with Gasteiger partial charge in [0.1, 0.15) is 10.8 Å². The highest BCUT2D eigenvalue weighted by Gasteiger charge is 2.52. The van der Waals surface area contributed by atoms with Crippen molar-refractivity contribution in [1.29, 1.82) is 0 Å². The molecule has 0 spiro atoms. The van der Waals surface area contributed by atoms with Crippen LogP contribution in [0.3, 0.4) is 0 Å². The molecule has 2 N–H and O–H groups in total. The Hall–Kier alpha value is -2.41. The number of amides is 2. The van der Waals surface area contributed by atoms with Gasteiger partial charge in [-0.3, -0.25) is 9.59 Å². The van der Waals surface area contributed by atoms with Crippen LogP contribution < -0.4 is 10.5 Å². The smallest absolute Gasteiger partial charge is 0.274 e. The minimum Gasteiger partial charge on any atom is -0.469 e. The minimum absolute atomic E-state index is 0.0452. The van der Waals surface area contributed by atoms with Crippen molar-refractivity contribution in [3.63, 3.8) is 0 Å². The molecule has 130 valence electrons. The first kappa shape index (κ1) is 16.1. The Labute approximate surface area is 149 Å². The third kappa shape index (κ3) is 2.59. The van der Waals surface area contributed by atoms with E-state index in [-0.39, 0.29) is 5.91 Å². The average Bonchev–Trinajstić information content (AvgIpc) is 3.32. The van der Waals surface area contributed by atoms with Gasteiger partial charge < -0.3 is 15.4 Å². The molecule has 2 aromatic rings. The molecule has 7 heteroatoms. The number of nitrogens with zero attached hydrogens (tertiary/aromatic N) is 2. The topological polar surface area (TPSA) is 85.5 Å². The molecule has 1 unspecified atom stereocenters. The Morgan fingerprint density at radius 1 is 1.32 bits per heavy atom. The largest absolute Gasteiger partial charge is 0.469 e. The maximum absolute atomic E-state index is 13.3. The summed E-state index contributed by atoms with van der Waals surface area (Å²) < 4.78 is 6.21. The lowest BCUT2D eigenvalue weighted by molar-refractivity contribution is -0.146. The number of rotatable bonds is 3. The fourth-order valence-electron chi connectivity index (χ4n) is 3.49.